The molecule has 0 heterocycles. The van der Waals surface area contributed by atoms with E-state index in [0.29, 0.717) is 12.0 Å². The van der Waals surface area contributed by atoms with E-state index in [1.807, 2.05) is 0 Å². The molecule has 0 aliphatic carbocycles. The summed E-state index contributed by atoms with van der Waals surface area (Å²) in [5, 5.41) is 13.1. The molecule has 0 fully saturated rings. The van der Waals surface area contributed by atoms with Gasteiger partial charge < -0.3 is 10.4 Å². The van der Waals surface area contributed by atoms with E-state index in [1.165, 1.54) is 39.0 Å². The Bertz CT molecular complexity index is 985. The molecule has 2 nitrogen and oxygen atoms in total. The topological polar surface area (TPSA) is 32.3 Å². The maximum Gasteiger partial charge on any atom is 0.0434 e. The quantitative estimate of drug-likeness (QED) is 0.348. The minimum absolute atomic E-state index is 0.191. The van der Waals surface area contributed by atoms with Gasteiger partial charge in [-0.05, 0) is 59.1 Å². The van der Waals surface area contributed by atoms with Crippen LogP contribution in [0.15, 0.2) is 78.9 Å². The standard InChI is InChI=1S/C30H37NO/c1-22(2)31-21-24(4)25-16-18-28(19-17-25)30(27-14-12-23(3)13-15-27)29(11-8-20-32)26-9-6-5-7-10-26/h5-7,9-10,12-19,22,24,31-32H,8,11,20-21H2,1-4H3/b30-29-. The van der Waals surface area contributed by atoms with Crippen LogP contribution in [0.1, 0.15) is 67.3 Å². The Morgan fingerprint density at radius 1 is 0.781 bits per heavy atom. The Kier molecular flexibility index (Phi) is 8.84. The van der Waals surface area contributed by atoms with Crippen molar-refractivity contribution < 1.29 is 5.11 Å². The molecule has 0 aliphatic rings. The van der Waals surface area contributed by atoms with Crippen molar-refractivity contribution >= 4 is 11.1 Å². The highest BCUT2D eigenvalue weighted by atomic mass is 16.2. The molecule has 0 bridgehead atoms. The Hall–Kier alpha value is -2.68. The largest absolute Gasteiger partial charge is 0.396 e. The summed E-state index contributed by atoms with van der Waals surface area (Å²) in [7, 11) is 0. The molecule has 32 heavy (non-hydrogen) atoms. The van der Waals surface area contributed by atoms with Crippen LogP contribution in [0.3, 0.4) is 0 Å². The molecule has 0 saturated heterocycles. The van der Waals surface area contributed by atoms with Crippen molar-refractivity contribution in [3.05, 3.63) is 107 Å². The SMILES string of the molecule is Cc1ccc(/C(=C(\CCCO)c2ccccc2)c2ccc(C(C)CNC(C)C)cc2)cc1. The molecule has 168 valence electrons. The summed E-state index contributed by atoms with van der Waals surface area (Å²) in [5.74, 6) is 0.459. The number of aliphatic hydroxyl groups is 1. The van der Waals surface area contributed by atoms with Crippen molar-refractivity contribution in [1.82, 2.24) is 5.32 Å². The van der Waals surface area contributed by atoms with Gasteiger partial charge in [0.2, 0.25) is 0 Å². The highest BCUT2D eigenvalue weighted by Gasteiger charge is 2.15. The highest BCUT2D eigenvalue weighted by molar-refractivity contribution is 5.98. The lowest BCUT2D eigenvalue weighted by Gasteiger charge is -2.19. The third kappa shape index (κ3) is 6.41. The summed E-state index contributed by atoms with van der Waals surface area (Å²) in [5.41, 5.74) is 8.80. The number of hydrogen-bond acceptors (Lipinski definition) is 2. The summed E-state index contributed by atoms with van der Waals surface area (Å²) in [4.78, 5) is 0. The van der Waals surface area contributed by atoms with Crippen molar-refractivity contribution in [2.24, 2.45) is 0 Å². The number of benzene rings is 3. The van der Waals surface area contributed by atoms with Crippen molar-refractivity contribution in [2.75, 3.05) is 13.2 Å². The lowest BCUT2D eigenvalue weighted by molar-refractivity contribution is 0.290. The predicted octanol–water partition coefficient (Wildman–Crippen LogP) is 6.83. The minimum atomic E-state index is 0.191. The Balaban J connectivity index is 2.08. The fourth-order valence-corrected chi connectivity index (χ4v) is 4.05. The first-order valence-electron chi connectivity index (χ1n) is 11.8. The van der Waals surface area contributed by atoms with E-state index in [-0.39, 0.29) is 6.61 Å². The Morgan fingerprint density at radius 3 is 1.94 bits per heavy atom. The smallest absolute Gasteiger partial charge is 0.0434 e. The summed E-state index contributed by atoms with van der Waals surface area (Å²) in [6, 6.07) is 28.9. The maximum absolute atomic E-state index is 9.58. The summed E-state index contributed by atoms with van der Waals surface area (Å²) in [6.45, 7) is 9.94. The van der Waals surface area contributed by atoms with E-state index in [2.05, 4.69) is 112 Å². The van der Waals surface area contributed by atoms with Crippen LogP contribution < -0.4 is 5.32 Å². The third-order valence-electron chi connectivity index (χ3n) is 5.95. The van der Waals surface area contributed by atoms with E-state index in [4.69, 9.17) is 0 Å². The van der Waals surface area contributed by atoms with Gasteiger partial charge in [-0.2, -0.15) is 0 Å². The van der Waals surface area contributed by atoms with Gasteiger partial charge in [0.1, 0.15) is 0 Å². The average Bonchev–Trinajstić information content (AvgIpc) is 2.82. The highest BCUT2D eigenvalue weighted by Crippen LogP contribution is 2.35. The van der Waals surface area contributed by atoms with Crippen molar-refractivity contribution in [1.29, 1.82) is 0 Å². The molecule has 1 atom stereocenters. The molecule has 0 amide bonds. The molecular weight excluding hydrogens is 390 g/mol. The van der Waals surface area contributed by atoms with Crippen molar-refractivity contribution in [3.8, 4) is 0 Å². The summed E-state index contributed by atoms with van der Waals surface area (Å²) >= 11 is 0. The molecule has 3 rings (SSSR count). The molecule has 2 N–H and O–H groups in total. The normalized spacial score (nSPS) is 13.2. The van der Waals surface area contributed by atoms with Gasteiger partial charge in [0.15, 0.2) is 0 Å². The second-order valence-electron chi connectivity index (χ2n) is 9.00. The molecule has 0 aliphatic heterocycles. The van der Waals surface area contributed by atoms with Crippen molar-refractivity contribution in [3.63, 3.8) is 0 Å². The summed E-state index contributed by atoms with van der Waals surface area (Å²) < 4.78 is 0. The van der Waals surface area contributed by atoms with Gasteiger partial charge in [-0.25, -0.2) is 0 Å². The van der Waals surface area contributed by atoms with Crippen LogP contribution in [-0.4, -0.2) is 24.3 Å². The van der Waals surface area contributed by atoms with Gasteiger partial charge in [-0.3, -0.25) is 0 Å². The number of aryl methyl sites for hydroxylation is 1. The molecular formula is C30H37NO. The Labute approximate surface area is 194 Å². The molecule has 0 aromatic heterocycles. The zero-order valence-electron chi connectivity index (χ0n) is 19.9. The number of hydrogen-bond donors (Lipinski definition) is 2. The number of nitrogens with one attached hydrogen (secondary N) is 1. The molecule has 0 radical (unpaired) electrons. The molecule has 3 aromatic rings. The molecule has 0 saturated carbocycles. The van der Waals surface area contributed by atoms with Gasteiger partial charge >= 0.3 is 0 Å². The van der Waals surface area contributed by atoms with E-state index in [1.54, 1.807) is 0 Å². The molecule has 3 aromatic carbocycles. The van der Waals surface area contributed by atoms with E-state index >= 15 is 0 Å². The molecule has 2 heteroatoms. The zero-order valence-corrected chi connectivity index (χ0v) is 19.9. The van der Waals surface area contributed by atoms with Gasteiger partial charge in [0.05, 0.1) is 0 Å². The van der Waals surface area contributed by atoms with Crippen LogP contribution in [0.25, 0.3) is 11.1 Å². The fraction of sp³-hybridized carbons (Fsp3) is 0.333. The van der Waals surface area contributed by atoms with Gasteiger partial charge in [-0.15, -0.1) is 0 Å². The van der Waals surface area contributed by atoms with Crippen LogP contribution >= 0.6 is 0 Å². The van der Waals surface area contributed by atoms with E-state index in [0.717, 1.165) is 19.4 Å². The van der Waals surface area contributed by atoms with Crippen LogP contribution in [0.2, 0.25) is 0 Å². The van der Waals surface area contributed by atoms with Crippen LogP contribution in [0, 0.1) is 6.92 Å². The van der Waals surface area contributed by atoms with E-state index in [9.17, 15) is 5.11 Å². The van der Waals surface area contributed by atoms with Crippen LogP contribution in [0.4, 0.5) is 0 Å². The molecule has 1 unspecified atom stereocenters. The van der Waals surface area contributed by atoms with Gasteiger partial charge in [0, 0.05) is 19.2 Å². The Morgan fingerprint density at radius 2 is 1.38 bits per heavy atom. The monoisotopic (exact) mass is 427 g/mol. The zero-order chi connectivity index (χ0) is 22.9. The third-order valence-corrected chi connectivity index (χ3v) is 5.95. The lowest BCUT2D eigenvalue weighted by atomic mass is 9.86. The molecule has 0 spiro atoms. The van der Waals surface area contributed by atoms with Crippen LogP contribution in [-0.2, 0) is 0 Å². The van der Waals surface area contributed by atoms with E-state index < -0.39 is 0 Å². The van der Waals surface area contributed by atoms with Crippen molar-refractivity contribution in [2.45, 2.75) is 52.5 Å². The maximum atomic E-state index is 9.58. The predicted molar refractivity (Wildman–Crippen MR) is 138 cm³/mol. The fourth-order valence-electron chi connectivity index (χ4n) is 4.05. The van der Waals surface area contributed by atoms with Gasteiger partial charge in [0.25, 0.3) is 0 Å². The number of allylic oxidation sites excluding steroid dienone is 1. The number of rotatable bonds is 10. The first kappa shape index (κ1) is 24.0. The number of aliphatic hydroxyl groups excluding tert-OH is 1. The summed E-state index contributed by atoms with van der Waals surface area (Å²) in [6.07, 6.45) is 1.58. The second kappa shape index (κ2) is 11.8. The lowest BCUT2D eigenvalue weighted by Crippen LogP contribution is -2.26. The average molecular weight is 428 g/mol. The second-order valence-corrected chi connectivity index (χ2v) is 9.00. The van der Waals surface area contributed by atoms with Gasteiger partial charge in [-0.1, -0.05) is 105 Å². The first-order valence-corrected chi connectivity index (χ1v) is 11.8. The first-order chi connectivity index (χ1) is 15.5. The minimum Gasteiger partial charge on any atom is -0.396 e. The van der Waals surface area contributed by atoms with Crippen LogP contribution in [0.5, 0.6) is 0 Å².